The second-order valence-corrected chi connectivity index (χ2v) is 10.2. The molecule has 180 valence electrons. The van der Waals surface area contributed by atoms with Crippen molar-refractivity contribution in [2.24, 2.45) is 23.7 Å². The van der Waals surface area contributed by atoms with Crippen LogP contribution in [0.1, 0.15) is 50.5 Å². The number of carbonyl (C=O) groups excluding carboxylic acids is 2. The van der Waals surface area contributed by atoms with Crippen molar-refractivity contribution in [1.29, 1.82) is 0 Å². The number of allylic oxidation sites excluding steroid dienone is 2. The zero-order valence-corrected chi connectivity index (χ0v) is 20.0. The van der Waals surface area contributed by atoms with Gasteiger partial charge < -0.3 is 15.7 Å². The van der Waals surface area contributed by atoms with Gasteiger partial charge in [0.25, 0.3) is 0 Å². The Morgan fingerprint density at radius 2 is 1.76 bits per heavy atom. The SMILES string of the molecule is O=C(O)CCC/C=C\C[C@@H]1[C@@H]2CC[C@@H](C2)[C@@H]1CNC(=O)CNC(=O)CSCc1ccccc1. The number of unbranched alkanes of at least 4 members (excludes halogenated alkanes) is 1. The molecule has 2 amide bonds. The Morgan fingerprint density at radius 1 is 1.00 bits per heavy atom. The fourth-order valence-electron chi connectivity index (χ4n) is 5.32. The van der Waals surface area contributed by atoms with Crippen molar-refractivity contribution in [1.82, 2.24) is 10.6 Å². The molecule has 2 aliphatic rings. The smallest absolute Gasteiger partial charge is 0.303 e. The molecule has 0 unspecified atom stereocenters. The van der Waals surface area contributed by atoms with Crippen LogP contribution in [0.5, 0.6) is 0 Å². The number of hydrogen-bond acceptors (Lipinski definition) is 4. The summed E-state index contributed by atoms with van der Waals surface area (Å²) in [7, 11) is 0. The molecule has 0 spiro atoms. The average molecular weight is 473 g/mol. The fraction of sp³-hybridized carbons (Fsp3) is 0.577. The Hall–Kier alpha value is -2.28. The van der Waals surface area contributed by atoms with Gasteiger partial charge in [-0.15, -0.1) is 11.8 Å². The van der Waals surface area contributed by atoms with Gasteiger partial charge in [0.1, 0.15) is 0 Å². The molecule has 1 aromatic rings. The van der Waals surface area contributed by atoms with E-state index in [-0.39, 0.29) is 24.8 Å². The maximum atomic E-state index is 12.3. The number of aliphatic carboxylic acids is 1. The first-order valence-electron chi connectivity index (χ1n) is 12.0. The van der Waals surface area contributed by atoms with E-state index in [0.717, 1.165) is 24.5 Å². The van der Waals surface area contributed by atoms with Gasteiger partial charge in [-0.1, -0.05) is 42.5 Å². The largest absolute Gasteiger partial charge is 0.481 e. The second-order valence-electron chi connectivity index (χ2n) is 9.21. The molecule has 2 aliphatic carbocycles. The van der Waals surface area contributed by atoms with Crippen LogP contribution >= 0.6 is 11.8 Å². The van der Waals surface area contributed by atoms with Crippen molar-refractivity contribution in [2.75, 3.05) is 18.8 Å². The summed E-state index contributed by atoms with van der Waals surface area (Å²) in [5.41, 5.74) is 1.18. The van der Waals surface area contributed by atoms with Crippen molar-refractivity contribution in [2.45, 2.75) is 50.7 Å². The molecular weight excluding hydrogens is 436 g/mol. The van der Waals surface area contributed by atoms with E-state index in [1.165, 1.54) is 24.8 Å². The number of carbonyl (C=O) groups is 3. The fourth-order valence-corrected chi connectivity index (χ4v) is 6.13. The number of carboxylic acid groups (broad SMARTS) is 1. The van der Waals surface area contributed by atoms with Gasteiger partial charge in [-0.25, -0.2) is 0 Å². The Bertz CT molecular complexity index is 814. The molecule has 33 heavy (non-hydrogen) atoms. The van der Waals surface area contributed by atoms with E-state index in [0.29, 0.717) is 36.5 Å². The predicted octanol–water partition coefficient (Wildman–Crippen LogP) is 4.02. The van der Waals surface area contributed by atoms with E-state index in [1.807, 2.05) is 30.3 Å². The molecular formula is C26H36N2O4S. The van der Waals surface area contributed by atoms with Crippen LogP contribution < -0.4 is 10.6 Å². The van der Waals surface area contributed by atoms with Crippen LogP contribution in [-0.4, -0.2) is 41.7 Å². The number of fused-ring (bicyclic) bond motifs is 2. The van der Waals surface area contributed by atoms with Gasteiger partial charge in [0.15, 0.2) is 0 Å². The van der Waals surface area contributed by atoms with Crippen molar-refractivity contribution in [3.63, 3.8) is 0 Å². The van der Waals surface area contributed by atoms with Gasteiger partial charge in [0.05, 0.1) is 12.3 Å². The molecule has 7 heteroatoms. The van der Waals surface area contributed by atoms with Gasteiger partial charge in [-0.3, -0.25) is 14.4 Å². The summed E-state index contributed by atoms with van der Waals surface area (Å²) in [4.78, 5) is 34.9. The Morgan fingerprint density at radius 3 is 2.52 bits per heavy atom. The zero-order chi connectivity index (χ0) is 23.5. The number of benzene rings is 1. The summed E-state index contributed by atoms with van der Waals surface area (Å²) in [6.45, 7) is 0.704. The first-order valence-corrected chi connectivity index (χ1v) is 13.2. The van der Waals surface area contributed by atoms with Crippen LogP contribution in [0, 0.1) is 23.7 Å². The van der Waals surface area contributed by atoms with Crippen LogP contribution in [0.4, 0.5) is 0 Å². The Kier molecular flexibility index (Phi) is 10.3. The quantitative estimate of drug-likeness (QED) is 0.281. The second kappa shape index (κ2) is 13.4. The minimum Gasteiger partial charge on any atom is -0.481 e. The lowest BCUT2D eigenvalue weighted by Crippen LogP contribution is -2.41. The molecule has 2 bridgehead atoms. The third-order valence-corrected chi connectivity index (χ3v) is 7.94. The van der Waals surface area contributed by atoms with Crippen LogP contribution in [-0.2, 0) is 20.1 Å². The van der Waals surface area contributed by atoms with E-state index >= 15 is 0 Å². The molecule has 0 aromatic heterocycles. The highest BCUT2D eigenvalue weighted by atomic mass is 32.2. The Labute approximate surface area is 201 Å². The van der Waals surface area contributed by atoms with Crippen molar-refractivity contribution in [3.8, 4) is 0 Å². The van der Waals surface area contributed by atoms with Gasteiger partial charge in [0.2, 0.25) is 11.8 Å². The molecule has 6 nitrogen and oxygen atoms in total. The third-order valence-electron chi connectivity index (χ3n) is 6.94. The molecule has 4 atom stereocenters. The van der Waals surface area contributed by atoms with Gasteiger partial charge in [-0.05, 0) is 67.8 Å². The van der Waals surface area contributed by atoms with Crippen LogP contribution in [0.3, 0.4) is 0 Å². The summed E-state index contributed by atoms with van der Waals surface area (Å²) in [5, 5.41) is 14.5. The molecule has 2 saturated carbocycles. The zero-order valence-electron chi connectivity index (χ0n) is 19.2. The number of carboxylic acids is 1. The summed E-state index contributed by atoms with van der Waals surface area (Å²) in [6, 6.07) is 10.0. The minimum absolute atomic E-state index is 0.0275. The van der Waals surface area contributed by atoms with E-state index in [1.54, 1.807) is 11.8 Å². The van der Waals surface area contributed by atoms with Crippen LogP contribution in [0.15, 0.2) is 42.5 Å². The number of nitrogens with one attached hydrogen (secondary N) is 2. The number of hydrogen-bond donors (Lipinski definition) is 3. The summed E-state index contributed by atoms with van der Waals surface area (Å²) < 4.78 is 0. The molecule has 2 fully saturated rings. The Balaban J connectivity index is 1.32. The molecule has 0 aliphatic heterocycles. The molecule has 3 N–H and O–H groups in total. The molecule has 1 aromatic carbocycles. The monoisotopic (exact) mass is 472 g/mol. The normalized spacial score (nSPS) is 23.6. The maximum Gasteiger partial charge on any atom is 0.303 e. The maximum absolute atomic E-state index is 12.3. The van der Waals surface area contributed by atoms with Crippen molar-refractivity contribution >= 4 is 29.5 Å². The highest BCUT2D eigenvalue weighted by Crippen LogP contribution is 2.53. The summed E-state index contributed by atoms with van der Waals surface area (Å²) in [6.07, 6.45) is 10.8. The number of amides is 2. The molecule has 3 rings (SSSR count). The van der Waals surface area contributed by atoms with E-state index in [2.05, 4.69) is 22.8 Å². The first-order chi connectivity index (χ1) is 16.0. The van der Waals surface area contributed by atoms with E-state index < -0.39 is 5.97 Å². The van der Waals surface area contributed by atoms with Crippen molar-refractivity contribution in [3.05, 3.63) is 48.0 Å². The third kappa shape index (κ3) is 8.54. The topological polar surface area (TPSA) is 95.5 Å². The van der Waals surface area contributed by atoms with Crippen LogP contribution in [0.2, 0.25) is 0 Å². The molecule has 0 saturated heterocycles. The summed E-state index contributed by atoms with van der Waals surface area (Å²) in [5.74, 6) is 2.65. The highest BCUT2D eigenvalue weighted by Gasteiger charge is 2.46. The first kappa shape index (κ1) is 25.3. The van der Waals surface area contributed by atoms with Crippen molar-refractivity contribution < 1.29 is 19.5 Å². The predicted molar refractivity (Wildman–Crippen MR) is 132 cm³/mol. The molecule has 0 heterocycles. The molecule has 0 radical (unpaired) electrons. The van der Waals surface area contributed by atoms with Gasteiger partial charge in [0, 0.05) is 18.7 Å². The van der Waals surface area contributed by atoms with E-state index in [9.17, 15) is 14.4 Å². The van der Waals surface area contributed by atoms with Crippen LogP contribution in [0.25, 0.3) is 0 Å². The number of rotatable bonds is 14. The lowest BCUT2D eigenvalue weighted by molar-refractivity contribution is -0.137. The summed E-state index contributed by atoms with van der Waals surface area (Å²) >= 11 is 1.54. The standard InChI is InChI=1S/C26H36N2O4S/c29-24(16-28-25(30)18-33-17-19-8-4-3-5-9-19)27-15-23-21-13-12-20(14-21)22(23)10-6-1-2-7-11-26(31)32/h1,3-6,8-9,20-23H,2,7,10-18H2,(H,27,29)(H,28,30)(H,31,32)/b6-1-/t20-,21+,22-,23+/m1/s1. The highest BCUT2D eigenvalue weighted by molar-refractivity contribution is 7.99. The minimum atomic E-state index is -0.741. The van der Waals surface area contributed by atoms with Gasteiger partial charge in [-0.2, -0.15) is 0 Å². The van der Waals surface area contributed by atoms with Gasteiger partial charge >= 0.3 is 5.97 Å². The van der Waals surface area contributed by atoms with E-state index in [4.69, 9.17) is 5.11 Å². The average Bonchev–Trinajstić information content (AvgIpc) is 3.41. The number of thioether (sulfide) groups is 1. The lowest BCUT2D eigenvalue weighted by atomic mass is 9.77. The lowest BCUT2D eigenvalue weighted by Gasteiger charge is -2.30.